The first-order valence-electron chi connectivity index (χ1n) is 3.62. The minimum atomic E-state index is -0.139. The van der Waals surface area contributed by atoms with Crippen molar-refractivity contribution in [2.45, 2.75) is 13.2 Å². The van der Waals surface area contributed by atoms with Crippen LogP contribution in [0.4, 0.5) is 0 Å². The van der Waals surface area contributed by atoms with Crippen molar-refractivity contribution in [2.75, 3.05) is 0 Å². The van der Waals surface area contributed by atoms with Crippen molar-refractivity contribution in [1.29, 1.82) is 0 Å². The third-order valence-corrected chi connectivity index (χ3v) is 1.70. The second-order valence-electron chi connectivity index (χ2n) is 2.48. The molecule has 0 aliphatic heterocycles. The van der Waals surface area contributed by atoms with Crippen LogP contribution in [0, 0.1) is 0 Å². The molecule has 0 aliphatic rings. The van der Waals surface area contributed by atoms with E-state index in [0.717, 1.165) is 13.0 Å². The highest BCUT2D eigenvalue weighted by molar-refractivity contribution is 6.46. The van der Waals surface area contributed by atoms with Crippen molar-refractivity contribution in [2.24, 2.45) is 0 Å². The van der Waals surface area contributed by atoms with Crippen molar-refractivity contribution in [3.05, 3.63) is 29.3 Å². The molecule has 1 radical (unpaired) electrons. The van der Waals surface area contributed by atoms with E-state index in [2.05, 4.69) is 0 Å². The minimum absolute atomic E-state index is 0.0568. The third-order valence-electron chi connectivity index (χ3n) is 1.70. The fraction of sp³-hybridized carbons (Fsp3) is 0.250. The van der Waals surface area contributed by atoms with Crippen LogP contribution in [0.3, 0.4) is 0 Å². The highest BCUT2D eigenvalue weighted by atomic mass is 16.3. The smallest absolute Gasteiger partial charge is 0.327 e. The predicted octanol–water partition coefficient (Wildman–Crippen LogP) is -1.09. The zero-order valence-electron chi connectivity index (χ0n) is 6.57. The Bertz CT molecular complexity index is 262. The van der Waals surface area contributed by atoms with Gasteiger partial charge in [0.1, 0.15) is 0 Å². The second kappa shape index (κ2) is 4.26. The average Bonchev–Trinajstić information content (AvgIpc) is 2.16. The van der Waals surface area contributed by atoms with Gasteiger partial charge in [0.15, 0.2) is 0 Å². The van der Waals surface area contributed by atoms with Crippen LogP contribution in [0.1, 0.15) is 11.1 Å². The molecule has 0 fully saturated rings. The van der Waals surface area contributed by atoms with E-state index in [1.165, 1.54) is 0 Å². The summed E-state index contributed by atoms with van der Waals surface area (Å²) < 4.78 is 0. The summed E-state index contributed by atoms with van der Waals surface area (Å²) in [4.78, 5) is 0. The van der Waals surface area contributed by atoms with Crippen molar-refractivity contribution in [3.8, 4) is 0 Å². The Hall–Kier alpha value is -0.835. The van der Waals surface area contributed by atoms with Crippen molar-refractivity contribution < 1.29 is 15.2 Å². The Morgan fingerprint density at radius 2 is 1.92 bits per heavy atom. The molecule has 1 aromatic carbocycles. The summed E-state index contributed by atoms with van der Waals surface area (Å²) in [7, 11) is 0.937. The van der Waals surface area contributed by atoms with Crippen LogP contribution in [0.2, 0.25) is 0 Å². The van der Waals surface area contributed by atoms with Gasteiger partial charge < -0.3 is 15.2 Å². The molecule has 0 heterocycles. The van der Waals surface area contributed by atoms with Crippen LogP contribution < -0.4 is 5.46 Å². The normalized spacial score (nSPS) is 9.92. The monoisotopic (exact) mass is 165 g/mol. The number of hydrogen-bond acceptors (Lipinski definition) is 3. The Morgan fingerprint density at radius 3 is 2.42 bits per heavy atom. The van der Waals surface area contributed by atoms with E-state index < -0.39 is 0 Å². The lowest BCUT2D eigenvalue weighted by atomic mass is 9.84. The zero-order valence-corrected chi connectivity index (χ0v) is 6.57. The quantitative estimate of drug-likeness (QED) is 0.498. The van der Waals surface area contributed by atoms with Crippen molar-refractivity contribution in [3.63, 3.8) is 0 Å². The summed E-state index contributed by atoms with van der Waals surface area (Å²) >= 11 is 0. The maximum absolute atomic E-state index is 8.86. The van der Waals surface area contributed by atoms with Gasteiger partial charge in [0.05, 0.1) is 13.2 Å². The number of hydrogen-bond donors (Lipinski definition) is 3. The molecular weight excluding hydrogens is 155 g/mol. The molecular formula is C8H10BO3. The summed E-state index contributed by atoms with van der Waals surface area (Å²) in [6, 6.07) is 5.00. The fourth-order valence-electron chi connectivity index (χ4n) is 1.02. The standard InChI is InChI=1S/C8H10BO3/c10-4-6-1-2-8(9-12)7(3-6)5-11/h1-3,10-12H,4-5H2. The molecule has 0 saturated heterocycles. The lowest BCUT2D eigenvalue weighted by Gasteiger charge is -2.04. The van der Waals surface area contributed by atoms with E-state index in [1.807, 2.05) is 0 Å². The van der Waals surface area contributed by atoms with Gasteiger partial charge in [-0.15, -0.1) is 0 Å². The summed E-state index contributed by atoms with van der Waals surface area (Å²) in [5.41, 5.74) is 1.92. The summed E-state index contributed by atoms with van der Waals surface area (Å²) in [6.07, 6.45) is 0. The van der Waals surface area contributed by atoms with Crippen LogP contribution in [0.15, 0.2) is 18.2 Å². The Kier molecular flexibility index (Phi) is 3.28. The molecule has 12 heavy (non-hydrogen) atoms. The topological polar surface area (TPSA) is 60.7 Å². The van der Waals surface area contributed by atoms with Crippen LogP contribution in [0.5, 0.6) is 0 Å². The average molecular weight is 165 g/mol. The maximum atomic E-state index is 8.86. The molecule has 4 heteroatoms. The Morgan fingerprint density at radius 1 is 1.17 bits per heavy atom. The highest BCUT2D eigenvalue weighted by Gasteiger charge is 2.02. The molecule has 0 saturated carbocycles. The molecule has 63 valence electrons. The van der Waals surface area contributed by atoms with E-state index in [-0.39, 0.29) is 13.2 Å². The van der Waals surface area contributed by atoms with Gasteiger partial charge in [-0.05, 0) is 16.6 Å². The van der Waals surface area contributed by atoms with E-state index in [9.17, 15) is 0 Å². The number of aliphatic hydroxyl groups is 2. The van der Waals surface area contributed by atoms with Gasteiger partial charge in [-0.1, -0.05) is 18.2 Å². The number of benzene rings is 1. The fourth-order valence-corrected chi connectivity index (χ4v) is 1.02. The molecule has 1 aromatic rings. The van der Waals surface area contributed by atoms with Gasteiger partial charge in [-0.3, -0.25) is 0 Å². The largest absolute Gasteiger partial charge is 0.450 e. The van der Waals surface area contributed by atoms with E-state index in [4.69, 9.17) is 15.2 Å². The van der Waals surface area contributed by atoms with E-state index in [1.54, 1.807) is 18.2 Å². The SMILES string of the molecule is O[B]c1ccc(CO)cc1CO. The molecule has 0 atom stereocenters. The van der Waals surface area contributed by atoms with Crippen LogP contribution in [0.25, 0.3) is 0 Å². The summed E-state index contributed by atoms with van der Waals surface area (Å²) in [5.74, 6) is 0. The second-order valence-corrected chi connectivity index (χ2v) is 2.48. The molecule has 3 N–H and O–H groups in total. The molecule has 1 rings (SSSR count). The number of aliphatic hydroxyl groups excluding tert-OH is 2. The van der Waals surface area contributed by atoms with Gasteiger partial charge in [-0.2, -0.15) is 0 Å². The van der Waals surface area contributed by atoms with Crippen LogP contribution in [-0.2, 0) is 13.2 Å². The highest BCUT2D eigenvalue weighted by Crippen LogP contribution is 2.02. The summed E-state index contributed by atoms with van der Waals surface area (Å²) in [5, 5.41) is 26.3. The first-order chi connectivity index (χ1) is 5.81. The Labute approximate surface area is 71.6 Å². The van der Waals surface area contributed by atoms with Gasteiger partial charge in [0.25, 0.3) is 0 Å². The zero-order chi connectivity index (χ0) is 8.97. The molecule has 3 nitrogen and oxygen atoms in total. The van der Waals surface area contributed by atoms with E-state index in [0.29, 0.717) is 11.0 Å². The summed E-state index contributed by atoms with van der Waals surface area (Å²) in [6.45, 7) is -0.195. The minimum Gasteiger partial charge on any atom is -0.450 e. The molecule has 0 aromatic heterocycles. The maximum Gasteiger partial charge on any atom is 0.327 e. The predicted molar refractivity (Wildman–Crippen MR) is 45.9 cm³/mol. The van der Waals surface area contributed by atoms with Crippen molar-refractivity contribution in [1.82, 2.24) is 0 Å². The first kappa shape index (κ1) is 9.25. The number of rotatable bonds is 3. The molecule has 0 amide bonds. The van der Waals surface area contributed by atoms with Crippen molar-refractivity contribution >= 4 is 12.9 Å². The molecule has 0 bridgehead atoms. The lowest BCUT2D eigenvalue weighted by Crippen LogP contribution is -2.19. The molecule has 0 aliphatic carbocycles. The molecule has 0 unspecified atom stereocenters. The van der Waals surface area contributed by atoms with Gasteiger partial charge in [0, 0.05) is 0 Å². The van der Waals surface area contributed by atoms with Gasteiger partial charge >= 0.3 is 7.48 Å². The van der Waals surface area contributed by atoms with Gasteiger partial charge in [-0.25, -0.2) is 0 Å². The van der Waals surface area contributed by atoms with Crippen LogP contribution >= 0.6 is 0 Å². The van der Waals surface area contributed by atoms with Gasteiger partial charge in [0.2, 0.25) is 0 Å². The lowest BCUT2D eigenvalue weighted by molar-refractivity contribution is 0.276. The first-order valence-corrected chi connectivity index (χ1v) is 3.62. The van der Waals surface area contributed by atoms with Crippen LogP contribution in [-0.4, -0.2) is 22.7 Å². The Balaban J connectivity index is 3.02. The third kappa shape index (κ3) is 1.85. The van der Waals surface area contributed by atoms with E-state index >= 15 is 0 Å². The molecule has 0 spiro atoms.